The van der Waals surface area contributed by atoms with Crippen molar-refractivity contribution in [2.45, 2.75) is 39.3 Å². The van der Waals surface area contributed by atoms with Gasteiger partial charge in [0.25, 0.3) is 0 Å². The van der Waals surface area contributed by atoms with E-state index >= 15 is 0 Å². The molecule has 1 fully saturated rings. The molecule has 130 valence electrons. The molecule has 4 rings (SSSR count). The van der Waals surface area contributed by atoms with Crippen LogP contribution in [0.25, 0.3) is 11.3 Å². The van der Waals surface area contributed by atoms with Gasteiger partial charge in [-0.05, 0) is 33.2 Å². The molecular weight excluding hydrogens is 312 g/mol. The predicted molar refractivity (Wildman–Crippen MR) is 97.0 cm³/mol. The summed E-state index contributed by atoms with van der Waals surface area (Å²) in [4.78, 5) is 6.97. The molecule has 1 unspecified atom stereocenters. The summed E-state index contributed by atoms with van der Waals surface area (Å²) < 4.78 is 7.99. The Hall–Kier alpha value is -2.40. The number of nitrogens with zero attached hydrogens (tertiary/aromatic N) is 4. The molecule has 0 N–H and O–H groups in total. The van der Waals surface area contributed by atoms with E-state index in [-0.39, 0.29) is 0 Å². The lowest BCUT2D eigenvalue weighted by Crippen LogP contribution is -2.23. The second-order valence-corrected chi connectivity index (χ2v) is 6.82. The molecule has 5 nitrogen and oxygen atoms in total. The highest BCUT2D eigenvalue weighted by Crippen LogP contribution is 2.36. The van der Waals surface area contributed by atoms with E-state index in [4.69, 9.17) is 4.42 Å². The number of rotatable bonds is 4. The van der Waals surface area contributed by atoms with E-state index in [0.717, 1.165) is 36.0 Å². The van der Waals surface area contributed by atoms with Gasteiger partial charge in [0.1, 0.15) is 0 Å². The van der Waals surface area contributed by atoms with E-state index in [9.17, 15) is 0 Å². The topological polar surface area (TPSA) is 47.1 Å². The van der Waals surface area contributed by atoms with E-state index in [1.54, 1.807) is 0 Å². The highest BCUT2D eigenvalue weighted by Gasteiger charge is 2.31. The molecule has 0 bridgehead atoms. The summed E-state index contributed by atoms with van der Waals surface area (Å²) in [5, 5.41) is 4.59. The zero-order chi connectivity index (χ0) is 17.4. The van der Waals surface area contributed by atoms with Gasteiger partial charge in [-0.25, -0.2) is 4.98 Å². The van der Waals surface area contributed by atoms with E-state index in [1.807, 2.05) is 48.3 Å². The third-order valence-corrected chi connectivity index (χ3v) is 5.21. The molecule has 1 aliphatic heterocycles. The fourth-order valence-electron chi connectivity index (χ4n) is 3.91. The number of hydrogen-bond acceptors (Lipinski definition) is 4. The molecule has 3 heterocycles. The van der Waals surface area contributed by atoms with Gasteiger partial charge >= 0.3 is 0 Å². The van der Waals surface area contributed by atoms with Crippen LogP contribution >= 0.6 is 0 Å². The van der Waals surface area contributed by atoms with Crippen molar-refractivity contribution in [3.63, 3.8) is 0 Å². The Morgan fingerprint density at radius 1 is 1.20 bits per heavy atom. The number of likely N-dealkylation sites (tertiary alicyclic amines) is 1. The van der Waals surface area contributed by atoms with Crippen molar-refractivity contribution in [2.24, 2.45) is 7.05 Å². The van der Waals surface area contributed by atoms with Gasteiger partial charge in [0.05, 0.1) is 18.4 Å². The molecule has 0 spiro atoms. The van der Waals surface area contributed by atoms with E-state index < -0.39 is 0 Å². The lowest BCUT2D eigenvalue weighted by atomic mass is 10.0. The van der Waals surface area contributed by atoms with Crippen molar-refractivity contribution in [3.05, 3.63) is 59.4 Å². The maximum Gasteiger partial charge on any atom is 0.209 e. The van der Waals surface area contributed by atoms with Crippen LogP contribution < -0.4 is 0 Å². The lowest BCUT2D eigenvalue weighted by molar-refractivity contribution is 0.223. The van der Waals surface area contributed by atoms with Crippen LogP contribution in [0, 0.1) is 13.8 Å². The van der Waals surface area contributed by atoms with Crippen LogP contribution in [0.2, 0.25) is 0 Å². The largest absolute Gasteiger partial charge is 0.439 e. The maximum atomic E-state index is 6.01. The number of oxazole rings is 1. The minimum Gasteiger partial charge on any atom is -0.439 e. The second kappa shape index (κ2) is 6.48. The Bertz CT molecular complexity index is 865. The first-order valence-corrected chi connectivity index (χ1v) is 8.87. The standard InChI is InChI=1S/C20H24N4O/c1-14-20(15(2)23(3)22-14)17-10-7-11-24(17)13-19-21-12-18(25-19)16-8-5-4-6-9-16/h4-6,8-9,12,17H,7,10-11,13H2,1-3H3. The number of benzene rings is 1. The summed E-state index contributed by atoms with van der Waals surface area (Å²) in [7, 11) is 2.02. The first kappa shape index (κ1) is 16.1. The Labute approximate surface area is 148 Å². The van der Waals surface area contributed by atoms with Gasteiger partial charge < -0.3 is 4.42 Å². The minimum absolute atomic E-state index is 0.403. The SMILES string of the molecule is Cc1nn(C)c(C)c1C1CCCN1Cc1ncc(-c2ccccc2)o1. The zero-order valence-electron chi connectivity index (χ0n) is 15.1. The van der Waals surface area contributed by atoms with Crippen molar-refractivity contribution < 1.29 is 4.42 Å². The fourth-order valence-corrected chi connectivity index (χ4v) is 3.91. The van der Waals surface area contributed by atoms with Crippen LogP contribution in [0.5, 0.6) is 0 Å². The van der Waals surface area contributed by atoms with E-state index in [2.05, 4.69) is 28.8 Å². The maximum absolute atomic E-state index is 6.01. The lowest BCUT2D eigenvalue weighted by Gasteiger charge is -2.23. The van der Waals surface area contributed by atoms with Crippen molar-refractivity contribution in [1.29, 1.82) is 0 Å². The van der Waals surface area contributed by atoms with Crippen LogP contribution in [0.3, 0.4) is 0 Å². The van der Waals surface area contributed by atoms with Gasteiger partial charge in [0, 0.05) is 29.9 Å². The summed E-state index contributed by atoms with van der Waals surface area (Å²) in [6.07, 6.45) is 4.20. The molecule has 1 aliphatic rings. The summed E-state index contributed by atoms with van der Waals surface area (Å²) >= 11 is 0. The molecular formula is C20H24N4O. The normalized spacial score (nSPS) is 18.1. The minimum atomic E-state index is 0.403. The van der Waals surface area contributed by atoms with Crippen molar-refractivity contribution >= 4 is 0 Å². The van der Waals surface area contributed by atoms with Crippen LogP contribution in [0.15, 0.2) is 40.9 Å². The molecule has 1 atom stereocenters. The van der Waals surface area contributed by atoms with Crippen molar-refractivity contribution in [3.8, 4) is 11.3 Å². The average Bonchev–Trinajstić information content (AvgIpc) is 3.31. The van der Waals surface area contributed by atoms with Gasteiger partial charge in [-0.3, -0.25) is 9.58 Å². The van der Waals surface area contributed by atoms with Crippen LogP contribution in [0.1, 0.15) is 41.7 Å². The molecule has 0 amide bonds. The van der Waals surface area contributed by atoms with Gasteiger partial charge in [-0.1, -0.05) is 30.3 Å². The van der Waals surface area contributed by atoms with Crippen molar-refractivity contribution in [2.75, 3.05) is 6.54 Å². The molecule has 0 aliphatic carbocycles. The molecule has 2 aromatic heterocycles. The third-order valence-electron chi connectivity index (χ3n) is 5.21. The Kier molecular flexibility index (Phi) is 4.17. The highest BCUT2D eigenvalue weighted by atomic mass is 16.4. The van der Waals surface area contributed by atoms with Gasteiger partial charge in [0.2, 0.25) is 5.89 Å². The third kappa shape index (κ3) is 3.00. The van der Waals surface area contributed by atoms with Gasteiger partial charge in [-0.2, -0.15) is 5.10 Å². The first-order valence-electron chi connectivity index (χ1n) is 8.87. The summed E-state index contributed by atoms with van der Waals surface area (Å²) in [6.45, 7) is 6.08. The van der Waals surface area contributed by atoms with E-state index in [0.29, 0.717) is 6.04 Å². The summed E-state index contributed by atoms with van der Waals surface area (Å²) in [6, 6.07) is 10.5. The van der Waals surface area contributed by atoms with Crippen LogP contribution in [-0.4, -0.2) is 26.2 Å². The second-order valence-electron chi connectivity index (χ2n) is 6.82. The number of aromatic nitrogens is 3. The molecule has 1 aromatic carbocycles. The van der Waals surface area contributed by atoms with E-state index in [1.165, 1.54) is 24.1 Å². The highest BCUT2D eigenvalue weighted by molar-refractivity contribution is 5.55. The average molecular weight is 336 g/mol. The molecule has 25 heavy (non-hydrogen) atoms. The Morgan fingerprint density at radius 2 is 2.00 bits per heavy atom. The zero-order valence-corrected chi connectivity index (χ0v) is 15.1. The number of hydrogen-bond donors (Lipinski definition) is 0. The van der Waals surface area contributed by atoms with Gasteiger partial charge in [-0.15, -0.1) is 0 Å². The summed E-state index contributed by atoms with van der Waals surface area (Å²) in [5.74, 6) is 1.62. The predicted octanol–water partition coefficient (Wildman–Crippen LogP) is 4.03. The smallest absolute Gasteiger partial charge is 0.209 e. The Morgan fingerprint density at radius 3 is 2.72 bits per heavy atom. The molecule has 0 radical (unpaired) electrons. The first-order chi connectivity index (χ1) is 12.1. The fraction of sp³-hybridized carbons (Fsp3) is 0.400. The van der Waals surface area contributed by atoms with Gasteiger partial charge in [0.15, 0.2) is 5.76 Å². The molecule has 5 heteroatoms. The quantitative estimate of drug-likeness (QED) is 0.722. The monoisotopic (exact) mass is 336 g/mol. The molecule has 3 aromatic rings. The molecule has 1 saturated heterocycles. The van der Waals surface area contributed by atoms with Crippen LogP contribution in [-0.2, 0) is 13.6 Å². The van der Waals surface area contributed by atoms with Crippen molar-refractivity contribution in [1.82, 2.24) is 19.7 Å². The summed E-state index contributed by atoms with van der Waals surface area (Å²) in [5.41, 5.74) is 4.83. The molecule has 0 saturated carbocycles. The van der Waals surface area contributed by atoms with Crippen LogP contribution in [0.4, 0.5) is 0 Å². The Balaban J connectivity index is 1.55. The number of aryl methyl sites for hydroxylation is 2.